The second-order valence-electron chi connectivity index (χ2n) is 3.50. The quantitative estimate of drug-likeness (QED) is 0.866. The first-order chi connectivity index (χ1) is 8.29. The molecule has 1 aromatic carbocycles. The van der Waals surface area contributed by atoms with Gasteiger partial charge in [-0.15, -0.1) is 0 Å². The zero-order valence-corrected chi connectivity index (χ0v) is 9.46. The first-order valence-electron chi connectivity index (χ1n) is 5.17. The number of anilines is 1. The topological polar surface area (TPSA) is 56.1 Å². The third-order valence-electron chi connectivity index (χ3n) is 2.23. The van der Waals surface area contributed by atoms with Crippen LogP contribution in [0.15, 0.2) is 43.0 Å². The maximum absolute atomic E-state index is 11.3. The minimum Gasteiger partial charge on any atom is -0.375 e. The minimum atomic E-state index is -0.164. The van der Waals surface area contributed by atoms with Gasteiger partial charge in [-0.05, 0) is 24.3 Å². The average molecular weight is 231 g/mol. The number of aromatic nitrogens is 2. The van der Waals surface area contributed by atoms with E-state index in [0.29, 0.717) is 0 Å². The van der Waals surface area contributed by atoms with Crippen LogP contribution in [0.1, 0.15) is 0 Å². The fraction of sp³-hybridized carbons (Fsp3) is 0.167. The van der Waals surface area contributed by atoms with Crippen molar-refractivity contribution in [1.82, 2.24) is 9.55 Å². The van der Waals surface area contributed by atoms with Gasteiger partial charge in [-0.25, -0.2) is 4.98 Å². The first-order valence-corrected chi connectivity index (χ1v) is 5.17. The van der Waals surface area contributed by atoms with E-state index in [1.807, 2.05) is 35.0 Å². The number of carbonyl (C=O) groups excluding carboxylic acids is 1. The molecule has 0 aliphatic carbocycles. The number of hydrogen-bond donors (Lipinski definition) is 1. The van der Waals surface area contributed by atoms with E-state index in [-0.39, 0.29) is 12.5 Å². The van der Waals surface area contributed by atoms with Crippen LogP contribution in [0.3, 0.4) is 0 Å². The van der Waals surface area contributed by atoms with Crippen LogP contribution in [0.4, 0.5) is 5.69 Å². The summed E-state index contributed by atoms with van der Waals surface area (Å²) in [4.78, 5) is 15.2. The van der Waals surface area contributed by atoms with E-state index in [1.54, 1.807) is 12.5 Å². The molecule has 0 atom stereocenters. The summed E-state index contributed by atoms with van der Waals surface area (Å²) in [5.74, 6) is -0.164. The Labute approximate surface area is 99.0 Å². The summed E-state index contributed by atoms with van der Waals surface area (Å²) < 4.78 is 6.62. The molecule has 5 heteroatoms. The van der Waals surface area contributed by atoms with Crippen molar-refractivity contribution in [3.05, 3.63) is 43.0 Å². The number of nitrogens with zero attached hydrogens (tertiary/aromatic N) is 2. The van der Waals surface area contributed by atoms with Crippen LogP contribution in [0.5, 0.6) is 0 Å². The smallest absolute Gasteiger partial charge is 0.250 e. The third-order valence-corrected chi connectivity index (χ3v) is 2.23. The number of nitrogens with one attached hydrogen (secondary N) is 1. The maximum Gasteiger partial charge on any atom is 0.250 e. The monoisotopic (exact) mass is 231 g/mol. The zero-order valence-electron chi connectivity index (χ0n) is 9.46. The van der Waals surface area contributed by atoms with Gasteiger partial charge in [-0.1, -0.05) is 0 Å². The number of imidazole rings is 1. The summed E-state index contributed by atoms with van der Waals surface area (Å²) in [7, 11) is 1.49. The van der Waals surface area contributed by atoms with Gasteiger partial charge in [-0.2, -0.15) is 0 Å². The number of benzene rings is 1. The minimum absolute atomic E-state index is 0.0588. The van der Waals surface area contributed by atoms with Crippen molar-refractivity contribution < 1.29 is 9.53 Å². The lowest BCUT2D eigenvalue weighted by molar-refractivity contribution is -0.119. The van der Waals surface area contributed by atoms with Crippen molar-refractivity contribution in [3.63, 3.8) is 0 Å². The number of methoxy groups -OCH3 is 1. The van der Waals surface area contributed by atoms with Gasteiger partial charge in [0.2, 0.25) is 5.91 Å². The molecule has 2 aromatic rings. The highest BCUT2D eigenvalue weighted by Gasteiger charge is 2.01. The van der Waals surface area contributed by atoms with Gasteiger partial charge in [-0.3, -0.25) is 4.79 Å². The van der Waals surface area contributed by atoms with Crippen LogP contribution in [0.25, 0.3) is 5.69 Å². The number of hydrogen-bond acceptors (Lipinski definition) is 3. The van der Waals surface area contributed by atoms with Crippen LogP contribution in [0, 0.1) is 0 Å². The number of rotatable bonds is 4. The van der Waals surface area contributed by atoms with E-state index < -0.39 is 0 Å². The predicted molar refractivity (Wildman–Crippen MR) is 64.1 cm³/mol. The van der Waals surface area contributed by atoms with E-state index in [9.17, 15) is 4.79 Å². The highest BCUT2D eigenvalue weighted by molar-refractivity contribution is 5.91. The molecule has 1 aromatic heterocycles. The van der Waals surface area contributed by atoms with Gasteiger partial charge in [0, 0.05) is 30.9 Å². The molecular formula is C12H13N3O2. The third kappa shape index (κ3) is 2.92. The number of amides is 1. The fourth-order valence-electron chi connectivity index (χ4n) is 1.46. The van der Waals surface area contributed by atoms with Crippen LogP contribution >= 0.6 is 0 Å². The molecule has 0 saturated carbocycles. The van der Waals surface area contributed by atoms with Crippen molar-refractivity contribution in [3.8, 4) is 5.69 Å². The molecule has 0 saturated heterocycles. The Kier molecular flexibility index (Phi) is 3.52. The Morgan fingerprint density at radius 2 is 2.18 bits per heavy atom. The van der Waals surface area contributed by atoms with Crippen LogP contribution in [0.2, 0.25) is 0 Å². The van der Waals surface area contributed by atoms with Gasteiger partial charge in [0.25, 0.3) is 0 Å². The fourth-order valence-corrected chi connectivity index (χ4v) is 1.46. The molecule has 88 valence electrons. The van der Waals surface area contributed by atoms with Gasteiger partial charge >= 0.3 is 0 Å². The summed E-state index contributed by atoms with van der Waals surface area (Å²) in [6.45, 7) is 0.0588. The molecule has 0 bridgehead atoms. The summed E-state index contributed by atoms with van der Waals surface area (Å²) in [6.07, 6.45) is 5.30. The van der Waals surface area contributed by atoms with Crippen molar-refractivity contribution in [2.75, 3.05) is 19.0 Å². The Balaban J connectivity index is 2.06. The Bertz CT molecular complexity index is 477. The second kappa shape index (κ2) is 5.27. The van der Waals surface area contributed by atoms with Crippen LogP contribution in [-0.2, 0) is 9.53 Å². The molecule has 1 amide bonds. The molecule has 0 aliphatic heterocycles. The Morgan fingerprint density at radius 1 is 1.41 bits per heavy atom. The van der Waals surface area contributed by atoms with Crippen LogP contribution in [-0.4, -0.2) is 29.2 Å². The van der Waals surface area contributed by atoms with Gasteiger partial charge in [0.15, 0.2) is 0 Å². The van der Waals surface area contributed by atoms with Gasteiger partial charge < -0.3 is 14.6 Å². The van der Waals surface area contributed by atoms with Crippen LogP contribution < -0.4 is 5.32 Å². The lowest BCUT2D eigenvalue weighted by Gasteiger charge is -2.06. The number of ether oxygens (including phenoxy) is 1. The normalized spacial score (nSPS) is 10.2. The molecule has 0 fully saturated rings. The summed E-state index contributed by atoms with van der Waals surface area (Å²) in [6, 6.07) is 7.49. The van der Waals surface area contributed by atoms with E-state index in [0.717, 1.165) is 11.4 Å². The highest BCUT2D eigenvalue weighted by atomic mass is 16.5. The van der Waals surface area contributed by atoms with Crippen molar-refractivity contribution in [2.45, 2.75) is 0 Å². The largest absolute Gasteiger partial charge is 0.375 e. The highest BCUT2D eigenvalue weighted by Crippen LogP contribution is 2.12. The first kappa shape index (κ1) is 11.3. The lowest BCUT2D eigenvalue weighted by atomic mass is 10.3. The predicted octanol–water partition coefficient (Wildman–Crippen LogP) is 1.46. The lowest BCUT2D eigenvalue weighted by Crippen LogP contribution is -2.16. The van der Waals surface area contributed by atoms with E-state index >= 15 is 0 Å². The standard InChI is InChI=1S/C12H13N3O2/c1-17-8-12(16)14-10-2-4-11(5-3-10)15-7-6-13-9-15/h2-7,9H,8H2,1H3,(H,14,16). The average Bonchev–Trinajstić information content (AvgIpc) is 2.84. The van der Waals surface area contributed by atoms with Crippen molar-refractivity contribution in [1.29, 1.82) is 0 Å². The Morgan fingerprint density at radius 3 is 2.76 bits per heavy atom. The molecule has 0 radical (unpaired) electrons. The SMILES string of the molecule is COCC(=O)Nc1ccc(-n2ccnc2)cc1. The molecule has 5 nitrogen and oxygen atoms in total. The molecule has 1 heterocycles. The van der Waals surface area contributed by atoms with Gasteiger partial charge in [0.05, 0.1) is 6.33 Å². The molecule has 0 unspecified atom stereocenters. The van der Waals surface area contributed by atoms with Crippen molar-refractivity contribution in [2.24, 2.45) is 0 Å². The molecule has 1 N–H and O–H groups in total. The molecule has 2 rings (SSSR count). The zero-order chi connectivity index (χ0) is 12.1. The summed E-state index contributed by atoms with van der Waals surface area (Å²) in [5, 5.41) is 2.73. The second-order valence-corrected chi connectivity index (χ2v) is 3.50. The van der Waals surface area contributed by atoms with E-state index in [1.165, 1.54) is 7.11 Å². The maximum atomic E-state index is 11.3. The van der Waals surface area contributed by atoms with Gasteiger partial charge in [0.1, 0.15) is 6.61 Å². The molecule has 0 aliphatic rings. The van der Waals surface area contributed by atoms with Crippen molar-refractivity contribution >= 4 is 11.6 Å². The molecular weight excluding hydrogens is 218 g/mol. The summed E-state index contributed by atoms with van der Waals surface area (Å²) >= 11 is 0. The number of carbonyl (C=O) groups is 1. The summed E-state index contributed by atoms with van der Waals surface area (Å²) in [5.41, 5.74) is 1.74. The molecule has 0 spiro atoms. The van der Waals surface area contributed by atoms with E-state index in [4.69, 9.17) is 4.74 Å². The molecule has 17 heavy (non-hydrogen) atoms. The van der Waals surface area contributed by atoms with E-state index in [2.05, 4.69) is 10.3 Å². The Hall–Kier alpha value is -2.14.